The molecule has 1 rings (SSSR count). The molecule has 0 amide bonds. The molecule has 0 fully saturated rings. The van der Waals surface area contributed by atoms with Gasteiger partial charge in [0.05, 0.1) is 19.4 Å². The largest absolute Gasteiger partial charge is 0.511 e. The van der Waals surface area contributed by atoms with Crippen molar-refractivity contribution in [3.8, 4) is 5.75 Å². The zero-order valence-electron chi connectivity index (χ0n) is 12.6. The molecule has 0 saturated heterocycles. The van der Waals surface area contributed by atoms with Crippen molar-refractivity contribution < 1.29 is 19.4 Å². The molecular weight excluding hydrogens is 270 g/mol. The van der Waals surface area contributed by atoms with E-state index in [2.05, 4.69) is 4.99 Å². The molecule has 0 unspecified atom stereocenters. The highest BCUT2D eigenvalue weighted by molar-refractivity contribution is 6.10. The third-order valence-electron chi connectivity index (χ3n) is 2.69. The van der Waals surface area contributed by atoms with E-state index < -0.39 is 5.97 Å². The molecular formula is C16H21NO4. The summed E-state index contributed by atoms with van der Waals surface area (Å²) >= 11 is 0. The van der Waals surface area contributed by atoms with Gasteiger partial charge in [-0.05, 0) is 25.5 Å². The fourth-order valence-electron chi connectivity index (χ4n) is 1.66. The molecule has 21 heavy (non-hydrogen) atoms. The number of esters is 1. The van der Waals surface area contributed by atoms with Gasteiger partial charge in [0.15, 0.2) is 0 Å². The lowest BCUT2D eigenvalue weighted by Gasteiger charge is -2.06. The Labute approximate surface area is 124 Å². The number of hydrogen-bond donors (Lipinski definition) is 1. The first-order chi connectivity index (χ1) is 10.1. The first kappa shape index (κ1) is 16.8. The third-order valence-corrected chi connectivity index (χ3v) is 2.69. The Morgan fingerprint density at radius 2 is 2.14 bits per heavy atom. The minimum atomic E-state index is -0.574. The summed E-state index contributed by atoms with van der Waals surface area (Å²) in [5, 5.41) is 9.95. The van der Waals surface area contributed by atoms with Gasteiger partial charge in [-0.2, -0.15) is 0 Å². The first-order valence-corrected chi connectivity index (χ1v) is 6.89. The second-order valence-electron chi connectivity index (χ2n) is 4.29. The number of carbonyl (C=O) groups is 1. The summed E-state index contributed by atoms with van der Waals surface area (Å²) in [4.78, 5) is 16.0. The second kappa shape index (κ2) is 8.79. The molecule has 0 bridgehead atoms. The number of hydrogen-bond acceptors (Lipinski definition) is 5. The van der Waals surface area contributed by atoms with Gasteiger partial charge in [0.25, 0.3) is 0 Å². The maximum atomic E-state index is 11.8. The van der Waals surface area contributed by atoms with Gasteiger partial charge in [-0.1, -0.05) is 13.0 Å². The van der Waals surface area contributed by atoms with E-state index in [0.717, 1.165) is 6.42 Å². The zero-order chi connectivity index (χ0) is 15.7. The molecule has 0 aliphatic heterocycles. The highest BCUT2D eigenvalue weighted by Crippen LogP contribution is 2.20. The Morgan fingerprint density at radius 3 is 2.76 bits per heavy atom. The SMILES string of the molecule is CCC/C(O)=C(/C=Nc1cccc(OC)c1)C(=O)OCC. The summed E-state index contributed by atoms with van der Waals surface area (Å²) in [6.45, 7) is 3.87. The third kappa shape index (κ3) is 5.30. The number of aliphatic hydroxyl groups excluding tert-OH is 1. The van der Waals surface area contributed by atoms with Gasteiger partial charge < -0.3 is 14.6 Å². The van der Waals surface area contributed by atoms with Gasteiger partial charge in [0, 0.05) is 18.7 Å². The molecule has 0 radical (unpaired) electrons. The van der Waals surface area contributed by atoms with Crippen LogP contribution in [-0.4, -0.2) is 31.0 Å². The Kier molecular flexibility index (Phi) is 7.01. The van der Waals surface area contributed by atoms with Crippen LogP contribution < -0.4 is 4.74 Å². The van der Waals surface area contributed by atoms with Crippen LogP contribution in [0.3, 0.4) is 0 Å². The molecule has 114 valence electrons. The minimum absolute atomic E-state index is 0.0115. The average Bonchev–Trinajstić information content (AvgIpc) is 2.48. The van der Waals surface area contributed by atoms with Gasteiger partial charge in [-0.25, -0.2) is 4.79 Å². The lowest BCUT2D eigenvalue weighted by atomic mass is 10.1. The van der Waals surface area contributed by atoms with Gasteiger partial charge in [-0.15, -0.1) is 0 Å². The summed E-state index contributed by atoms with van der Waals surface area (Å²) in [6, 6.07) is 7.11. The molecule has 0 atom stereocenters. The molecule has 0 aliphatic carbocycles. The number of benzene rings is 1. The Bertz CT molecular complexity index is 535. The van der Waals surface area contributed by atoms with Crippen LogP contribution in [0.1, 0.15) is 26.7 Å². The monoisotopic (exact) mass is 291 g/mol. The number of aliphatic hydroxyl groups is 1. The fourth-order valence-corrected chi connectivity index (χ4v) is 1.66. The van der Waals surface area contributed by atoms with E-state index in [1.165, 1.54) is 6.21 Å². The molecule has 1 aromatic carbocycles. The van der Waals surface area contributed by atoms with Crippen LogP contribution in [0.15, 0.2) is 40.6 Å². The molecule has 0 heterocycles. The number of rotatable bonds is 7. The summed E-state index contributed by atoms with van der Waals surface area (Å²) in [5.41, 5.74) is 0.710. The molecule has 1 aromatic rings. The number of ether oxygens (including phenoxy) is 2. The molecule has 0 spiro atoms. The van der Waals surface area contributed by atoms with Gasteiger partial charge in [0.1, 0.15) is 17.1 Å². The van der Waals surface area contributed by atoms with E-state index in [1.54, 1.807) is 38.3 Å². The van der Waals surface area contributed by atoms with Gasteiger partial charge in [0.2, 0.25) is 0 Å². The molecule has 5 nitrogen and oxygen atoms in total. The van der Waals surface area contributed by atoms with E-state index in [4.69, 9.17) is 9.47 Å². The minimum Gasteiger partial charge on any atom is -0.511 e. The number of carbonyl (C=O) groups excluding carboxylic acids is 1. The topological polar surface area (TPSA) is 68.1 Å². The second-order valence-corrected chi connectivity index (χ2v) is 4.29. The highest BCUT2D eigenvalue weighted by Gasteiger charge is 2.14. The Hall–Kier alpha value is -2.30. The first-order valence-electron chi connectivity index (χ1n) is 6.89. The molecule has 0 aliphatic rings. The van der Waals surface area contributed by atoms with Crippen molar-refractivity contribution >= 4 is 17.9 Å². The van der Waals surface area contributed by atoms with Crippen LogP contribution in [0, 0.1) is 0 Å². The normalized spacial score (nSPS) is 12.1. The number of nitrogens with zero attached hydrogens (tertiary/aromatic N) is 1. The van der Waals surface area contributed by atoms with Crippen molar-refractivity contribution in [1.82, 2.24) is 0 Å². The van der Waals surface area contributed by atoms with E-state index >= 15 is 0 Å². The van der Waals surface area contributed by atoms with Crippen molar-refractivity contribution in [3.05, 3.63) is 35.6 Å². The molecule has 5 heteroatoms. The number of allylic oxidation sites excluding steroid dienone is 1. The van der Waals surface area contributed by atoms with Crippen molar-refractivity contribution in [3.63, 3.8) is 0 Å². The summed E-state index contributed by atoms with van der Waals surface area (Å²) in [6.07, 6.45) is 2.46. The van der Waals surface area contributed by atoms with E-state index in [1.807, 2.05) is 6.92 Å². The van der Waals surface area contributed by atoms with Crippen molar-refractivity contribution in [2.75, 3.05) is 13.7 Å². The van der Waals surface area contributed by atoms with Crippen LogP contribution in [0.4, 0.5) is 5.69 Å². The summed E-state index contributed by atoms with van der Waals surface area (Å²) in [5.74, 6) is 0.0850. The summed E-state index contributed by atoms with van der Waals surface area (Å²) < 4.78 is 10.0. The average molecular weight is 291 g/mol. The molecule has 0 saturated carbocycles. The quantitative estimate of drug-likeness (QED) is 0.361. The van der Waals surface area contributed by atoms with Crippen LogP contribution in [0.5, 0.6) is 5.75 Å². The van der Waals surface area contributed by atoms with Crippen molar-refractivity contribution in [1.29, 1.82) is 0 Å². The lowest BCUT2D eigenvalue weighted by molar-refractivity contribution is -0.138. The smallest absolute Gasteiger partial charge is 0.343 e. The maximum Gasteiger partial charge on any atom is 0.343 e. The number of methoxy groups -OCH3 is 1. The molecule has 0 aromatic heterocycles. The van der Waals surface area contributed by atoms with Crippen LogP contribution >= 0.6 is 0 Å². The lowest BCUT2D eigenvalue weighted by Crippen LogP contribution is -2.11. The maximum absolute atomic E-state index is 11.8. The van der Waals surface area contributed by atoms with E-state index in [-0.39, 0.29) is 17.9 Å². The fraction of sp³-hybridized carbons (Fsp3) is 0.375. The predicted molar refractivity (Wildman–Crippen MR) is 82.3 cm³/mol. The van der Waals surface area contributed by atoms with Gasteiger partial charge >= 0.3 is 5.97 Å². The van der Waals surface area contributed by atoms with Crippen molar-refractivity contribution in [2.45, 2.75) is 26.7 Å². The van der Waals surface area contributed by atoms with Crippen LogP contribution in [0.25, 0.3) is 0 Å². The highest BCUT2D eigenvalue weighted by atomic mass is 16.5. The van der Waals surface area contributed by atoms with E-state index in [0.29, 0.717) is 17.9 Å². The number of aliphatic imine (C=N–C) groups is 1. The van der Waals surface area contributed by atoms with Crippen LogP contribution in [-0.2, 0) is 9.53 Å². The van der Waals surface area contributed by atoms with Crippen LogP contribution in [0.2, 0.25) is 0 Å². The van der Waals surface area contributed by atoms with Gasteiger partial charge in [-0.3, -0.25) is 4.99 Å². The molecule has 1 N–H and O–H groups in total. The Morgan fingerprint density at radius 1 is 1.38 bits per heavy atom. The summed E-state index contributed by atoms with van der Waals surface area (Å²) in [7, 11) is 1.57. The zero-order valence-corrected chi connectivity index (χ0v) is 12.6. The predicted octanol–water partition coefficient (Wildman–Crippen LogP) is 3.57. The Balaban J connectivity index is 3.02. The van der Waals surface area contributed by atoms with Crippen molar-refractivity contribution in [2.24, 2.45) is 4.99 Å². The standard InChI is InChI=1S/C16H21NO4/c1-4-7-15(18)14(16(19)21-5-2)11-17-12-8-6-9-13(10-12)20-3/h6,8-11,18H,4-5,7H2,1-3H3/b15-14+,17-11?. The van der Waals surface area contributed by atoms with E-state index in [9.17, 15) is 9.90 Å².